The molecule has 1 aliphatic heterocycles. The van der Waals surface area contributed by atoms with E-state index in [9.17, 15) is 4.79 Å². The van der Waals surface area contributed by atoms with E-state index in [0.29, 0.717) is 6.54 Å². The van der Waals surface area contributed by atoms with E-state index in [1.807, 2.05) is 6.08 Å². The fourth-order valence-electron chi connectivity index (χ4n) is 1.55. The topological polar surface area (TPSA) is 38.3 Å². The second kappa shape index (κ2) is 7.28. The first kappa shape index (κ1) is 14.0. The molecule has 0 aromatic rings. The lowest BCUT2D eigenvalue weighted by atomic mass is 9.89. The van der Waals surface area contributed by atoms with E-state index < -0.39 is 0 Å². The number of allylic oxidation sites excluding steroid dienone is 3. The van der Waals surface area contributed by atoms with Crippen molar-refractivity contribution in [3.05, 3.63) is 24.3 Å². The lowest BCUT2D eigenvalue weighted by molar-refractivity contribution is -0.122. The molecule has 0 atom stereocenters. The Balaban J connectivity index is 2.11. The fourth-order valence-corrected chi connectivity index (χ4v) is 1.55. The Bertz CT molecular complexity index is 291. The summed E-state index contributed by atoms with van der Waals surface area (Å²) in [5, 5.41) is 2.89. The quantitative estimate of drug-likeness (QED) is 0.419. The zero-order valence-corrected chi connectivity index (χ0v) is 10.9. The molecular formula is C14H23NO2. The number of rotatable bonds is 7. The smallest absolute Gasteiger partial charge is 0.243 e. The summed E-state index contributed by atoms with van der Waals surface area (Å²) in [5.74, 6) is -0.0294. The number of amides is 1. The second-order valence-electron chi connectivity index (χ2n) is 4.95. The zero-order chi connectivity index (χ0) is 12.6. The van der Waals surface area contributed by atoms with Crippen LogP contribution in [-0.2, 0) is 9.53 Å². The van der Waals surface area contributed by atoms with E-state index in [-0.39, 0.29) is 11.3 Å². The van der Waals surface area contributed by atoms with E-state index in [1.165, 1.54) is 12.8 Å². The highest BCUT2D eigenvalue weighted by atomic mass is 16.5. The lowest BCUT2D eigenvalue weighted by Gasteiger charge is -2.37. The van der Waals surface area contributed by atoms with Crippen LogP contribution < -0.4 is 5.32 Å². The highest BCUT2D eigenvalue weighted by Gasteiger charge is 2.33. The van der Waals surface area contributed by atoms with Crippen LogP contribution in [0.3, 0.4) is 0 Å². The Kier molecular flexibility index (Phi) is 5.98. The molecule has 0 saturated carbocycles. The molecule has 1 rings (SSSR count). The Hall–Kier alpha value is -1.09. The second-order valence-corrected chi connectivity index (χ2v) is 4.95. The summed E-state index contributed by atoms with van der Waals surface area (Å²) in [7, 11) is 0. The van der Waals surface area contributed by atoms with Gasteiger partial charge in [0, 0.05) is 18.0 Å². The van der Waals surface area contributed by atoms with Crippen molar-refractivity contribution in [1.29, 1.82) is 0 Å². The predicted molar refractivity (Wildman–Crippen MR) is 69.7 cm³/mol. The van der Waals surface area contributed by atoms with Gasteiger partial charge in [0.05, 0.1) is 13.2 Å². The average Bonchev–Trinajstić information content (AvgIpc) is 2.28. The van der Waals surface area contributed by atoms with Crippen LogP contribution in [0.4, 0.5) is 0 Å². The molecule has 3 heteroatoms. The summed E-state index contributed by atoms with van der Waals surface area (Å²) >= 11 is 0. The van der Waals surface area contributed by atoms with Crippen LogP contribution in [0, 0.1) is 5.41 Å². The van der Waals surface area contributed by atoms with Crippen molar-refractivity contribution >= 4 is 5.91 Å². The monoisotopic (exact) mass is 237 g/mol. The number of carbonyl (C=O) groups excluding carboxylic acids is 1. The average molecular weight is 237 g/mol. The van der Waals surface area contributed by atoms with Crippen LogP contribution >= 0.6 is 0 Å². The van der Waals surface area contributed by atoms with E-state index in [1.54, 1.807) is 12.2 Å². The molecule has 96 valence electrons. The third-order valence-electron chi connectivity index (χ3n) is 2.81. The number of carbonyl (C=O) groups is 1. The summed E-state index contributed by atoms with van der Waals surface area (Å²) < 4.78 is 5.13. The number of ether oxygens (including phenoxy) is 1. The van der Waals surface area contributed by atoms with Gasteiger partial charge in [-0.15, -0.1) is 0 Å². The van der Waals surface area contributed by atoms with Crippen molar-refractivity contribution in [2.45, 2.75) is 33.1 Å². The molecule has 1 aliphatic rings. The molecule has 0 radical (unpaired) electrons. The van der Waals surface area contributed by atoms with Gasteiger partial charge in [0.1, 0.15) is 0 Å². The maximum Gasteiger partial charge on any atom is 0.243 e. The summed E-state index contributed by atoms with van der Waals surface area (Å²) in [4.78, 5) is 11.4. The lowest BCUT2D eigenvalue weighted by Crippen LogP contribution is -2.48. The van der Waals surface area contributed by atoms with Gasteiger partial charge < -0.3 is 10.1 Å². The van der Waals surface area contributed by atoms with Gasteiger partial charge in [-0.1, -0.05) is 44.9 Å². The molecule has 1 N–H and O–H groups in total. The predicted octanol–water partition coefficient (Wildman–Crippen LogP) is 2.44. The SMILES string of the molecule is CCCC/C=C/C=C/C(=O)NCC1(C)COC1. The van der Waals surface area contributed by atoms with Crippen molar-refractivity contribution in [1.82, 2.24) is 5.32 Å². The van der Waals surface area contributed by atoms with Gasteiger partial charge in [-0.2, -0.15) is 0 Å². The molecule has 0 aliphatic carbocycles. The van der Waals surface area contributed by atoms with Crippen LogP contribution in [0.15, 0.2) is 24.3 Å². The molecule has 1 saturated heterocycles. The van der Waals surface area contributed by atoms with Crippen molar-refractivity contribution in [2.24, 2.45) is 5.41 Å². The maximum atomic E-state index is 11.4. The highest BCUT2D eigenvalue weighted by Crippen LogP contribution is 2.24. The minimum absolute atomic E-state index is 0.0294. The molecule has 0 bridgehead atoms. The molecule has 1 fully saturated rings. The maximum absolute atomic E-state index is 11.4. The normalized spacial score (nSPS) is 18.5. The first-order valence-electron chi connectivity index (χ1n) is 6.35. The van der Waals surface area contributed by atoms with E-state index in [0.717, 1.165) is 19.6 Å². The van der Waals surface area contributed by atoms with Crippen LogP contribution in [0.1, 0.15) is 33.1 Å². The third-order valence-corrected chi connectivity index (χ3v) is 2.81. The molecule has 3 nitrogen and oxygen atoms in total. The Morgan fingerprint density at radius 1 is 1.41 bits per heavy atom. The molecule has 0 spiro atoms. The van der Waals surface area contributed by atoms with Gasteiger partial charge in [0.2, 0.25) is 5.91 Å². The molecule has 1 heterocycles. The van der Waals surface area contributed by atoms with E-state index in [4.69, 9.17) is 4.74 Å². The molecule has 17 heavy (non-hydrogen) atoms. The van der Waals surface area contributed by atoms with Crippen LogP contribution in [0.5, 0.6) is 0 Å². The van der Waals surface area contributed by atoms with Crippen molar-refractivity contribution in [3.63, 3.8) is 0 Å². The third kappa shape index (κ3) is 5.68. The Labute approximate surface area is 104 Å². The summed E-state index contributed by atoms with van der Waals surface area (Å²) in [6.45, 7) is 6.46. The minimum atomic E-state index is -0.0294. The first-order chi connectivity index (χ1) is 8.16. The van der Waals surface area contributed by atoms with Gasteiger partial charge in [0.25, 0.3) is 0 Å². The molecule has 0 unspecified atom stereocenters. The van der Waals surface area contributed by atoms with E-state index in [2.05, 4.69) is 25.2 Å². The summed E-state index contributed by atoms with van der Waals surface area (Å²) in [6.07, 6.45) is 10.9. The summed E-state index contributed by atoms with van der Waals surface area (Å²) in [5.41, 5.74) is 0.139. The molecule has 1 amide bonds. The Morgan fingerprint density at radius 3 is 2.76 bits per heavy atom. The fraction of sp³-hybridized carbons (Fsp3) is 0.643. The van der Waals surface area contributed by atoms with Gasteiger partial charge >= 0.3 is 0 Å². The van der Waals surface area contributed by atoms with Gasteiger partial charge in [-0.25, -0.2) is 0 Å². The molecule has 0 aromatic carbocycles. The largest absolute Gasteiger partial charge is 0.380 e. The standard InChI is InChI=1S/C14H23NO2/c1-3-4-5-6-7-8-9-13(16)15-10-14(2)11-17-12-14/h6-9H,3-5,10-12H2,1-2H3,(H,15,16)/b7-6+,9-8+. The minimum Gasteiger partial charge on any atom is -0.380 e. The highest BCUT2D eigenvalue weighted by molar-refractivity contribution is 5.87. The number of unbranched alkanes of at least 4 members (excludes halogenated alkanes) is 2. The zero-order valence-electron chi connectivity index (χ0n) is 10.9. The number of hydrogen-bond acceptors (Lipinski definition) is 2. The van der Waals surface area contributed by atoms with Crippen molar-refractivity contribution in [3.8, 4) is 0 Å². The van der Waals surface area contributed by atoms with Crippen LogP contribution in [-0.4, -0.2) is 25.7 Å². The Morgan fingerprint density at radius 2 is 2.18 bits per heavy atom. The van der Waals surface area contributed by atoms with Crippen molar-refractivity contribution < 1.29 is 9.53 Å². The van der Waals surface area contributed by atoms with Crippen molar-refractivity contribution in [2.75, 3.05) is 19.8 Å². The van der Waals surface area contributed by atoms with Crippen LogP contribution in [0.2, 0.25) is 0 Å². The van der Waals surface area contributed by atoms with Gasteiger partial charge in [-0.05, 0) is 6.42 Å². The number of nitrogens with one attached hydrogen (secondary N) is 1. The molecule has 0 aromatic heterocycles. The van der Waals surface area contributed by atoms with E-state index >= 15 is 0 Å². The summed E-state index contributed by atoms with van der Waals surface area (Å²) in [6, 6.07) is 0. The number of hydrogen-bond donors (Lipinski definition) is 1. The van der Waals surface area contributed by atoms with Gasteiger partial charge in [0.15, 0.2) is 0 Å². The van der Waals surface area contributed by atoms with Crippen LogP contribution in [0.25, 0.3) is 0 Å². The first-order valence-corrected chi connectivity index (χ1v) is 6.35. The van der Waals surface area contributed by atoms with Gasteiger partial charge in [-0.3, -0.25) is 4.79 Å². The molecular weight excluding hydrogens is 214 g/mol.